The highest BCUT2D eigenvalue weighted by molar-refractivity contribution is 9.10. The van der Waals surface area contributed by atoms with E-state index in [4.69, 9.17) is 4.74 Å². The first-order chi connectivity index (χ1) is 10.2. The summed E-state index contributed by atoms with van der Waals surface area (Å²) in [6.07, 6.45) is 0. The van der Waals surface area contributed by atoms with Gasteiger partial charge in [0.1, 0.15) is 0 Å². The molecule has 0 aromatic heterocycles. The minimum Gasteiger partial charge on any atom is -0.383 e. The van der Waals surface area contributed by atoms with E-state index in [0.29, 0.717) is 12.2 Å². The number of ether oxygens (including phenoxy) is 1. The molecule has 0 spiro atoms. The summed E-state index contributed by atoms with van der Waals surface area (Å²) in [6, 6.07) is 14.9. The topological polar surface area (TPSA) is 50.4 Å². The lowest BCUT2D eigenvalue weighted by atomic mass is 10.2. The lowest BCUT2D eigenvalue weighted by Gasteiger charge is -2.08. The van der Waals surface area contributed by atoms with E-state index in [9.17, 15) is 4.79 Å². The van der Waals surface area contributed by atoms with Gasteiger partial charge in [-0.1, -0.05) is 22.0 Å². The third-order valence-electron chi connectivity index (χ3n) is 2.86. The summed E-state index contributed by atoms with van der Waals surface area (Å²) < 4.78 is 5.86. The number of hydrogen-bond acceptors (Lipinski definition) is 3. The molecule has 0 fully saturated rings. The molecule has 21 heavy (non-hydrogen) atoms. The molecule has 0 radical (unpaired) electrons. The van der Waals surface area contributed by atoms with Gasteiger partial charge in [0.25, 0.3) is 5.91 Å². The van der Waals surface area contributed by atoms with Crippen molar-refractivity contribution in [2.75, 3.05) is 30.9 Å². The molecule has 0 unspecified atom stereocenters. The van der Waals surface area contributed by atoms with Gasteiger partial charge in [0.15, 0.2) is 0 Å². The van der Waals surface area contributed by atoms with Crippen LogP contribution in [0.15, 0.2) is 53.0 Å². The maximum absolute atomic E-state index is 12.1. The molecule has 2 rings (SSSR count). The summed E-state index contributed by atoms with van der Waals surface area (Å²) in [5.41, 5.74) is 2.37. The Morgan fingerprint density at radius 2 is 1.86 bits per heavy atom. The molecule has 0 saturated heterocycles. The van der Waals surface area contributed by atoms with Gasteiger partial charge >= 0.3 is 0 Å². The van der Waals surface area contributed by atoms with Gasteiger partial charge in [0.05, 0.1) is 6.61 Å². The van der Waals surface area contributed by atoms with Crippen LogP contribution in [0.2, 0.25) is 0 Å². The molecule has 4 nitrogen and oxygen atoms in total. The number of halogens is 1. The largest absolute Gasteiger partial charge is 0.383 e. The summed E-state index contributed by atoms with van der Waals surface area (Å²) in [5, 5.41) is 6.09. The van der Waals surface area contributed by atoms with Crippen molar-refractivity contribution in [3.8, 4) is 0 Å². The zero-order chi connectivity index (χ0) is 15.1. The van der Waals surface area contributed by atoms with Gasteiger partial charge in [-0.25, -0.2) is 0 Å². The van der Waals surface area contributed by atoms with Gasteiger partial charge in [-0.05, 0) is 42.5 Å². The number of rotatable bonds is 6. The highest BCUT2D eigenvalue weighted by Crippen LogP contribution is 2.16. The first-order valence-corrected chi connectivity index (χ1v) is 7.38. The molecule has 0 bridgehead atoms. The van der Waals surface area contributed by atoms with E-state index in [1.54, 1.807) is 19.2 Å². The first-order valence-electron chi connectivity index (χ1n) is 6.59. The Balaban J connectivity index is 1.95. The third kappa shape index (κ3) is 4.88. The standard InChI is InChI=1S/C16H17BrN2O2/c1-21-10-9-18-14-5-7-15(8-6-14)19-16(20)12-3-2-4-13(17)11-12/h2-8,11,18H,9-10H2,1H3,(H,19,20). The minimum absolute atomic E-state index is 0.128. The van der Waals surface area contributed by atoms with Crippen LogP contribution in [0.3, 0.4) is 0 Å². The second-order valence-electron chi connectivity index (χ2n) is 4.46. The van der Waals surface area contributed by atoms with Gasteiger partial charge in [0.2, 0.25) is 0 Å². The minimum atomic E-state index is -0.128. The van der Waals surface area contributed by atoms with Gasteiger partial charge in [-0.15, -0.1) is 0 Å². The summed E-state index contributed by atoms with van der Waals surface area (Å²) in [7, 11) is 1.67. The normalized spacial score (nSPS) is 10.2. The van der Waals surface area contributed by atoms with Crippen molar-refractivity contribution in [3.05, 3.63) is 58.6 Å². The molecule has 5 heteroatoms. The van der Waals surface area contributed by atoms with Crippen molar-refractivity contribution in [1.82, 2.24) is 0 Å². The summed E-state index contributed by atoms with van der Waals surface area (Å²) in [4.78, 5) is 12.1. The Hall–Kier alpha value is -1.85. The third-order valence-corrected chi connectivity index (χ3v) is 3.36. The molecule has 2 N–H and O–H groups in total. The Bertz CT molecular complexity index is 599. The maximum atomic E-state index is 12.1. The molecule has 0 aliphatic heterocycles. The summed E-state index contributed by atoms with van der Waals surface area (Å²) in [5.74, 6) is -0.128. The van der Waals surface area contributed by atoms with Crippen LogP contribution in [-0.4, -0.2) is 26.2 Å². The van der Waals surface area contributed by atoms with E-state index in [2.05, 4.69) is 26.6 Å². The van der Waals surface area contributed by atoms with Gasteiger partial charge in [0, 0.05) is 35.1 Å². The van der Waals surface area contributed by atoms with Crippen LogP contribution < -0.4 is 10.6 Å². The van der Waals surface area contributed by atoms with Gasteiger partial charge in [-0.3, -0.25) is 4.79 Å². The van der Waals surface area contributed by atoms with E-state index in [1.807, 2.05) is 36.4 Å². The highest BCUT2D eigenvalue weighted by atomic mass is 79.9. The van der Waals surface area contributed by atoms with Crippen LogP contribution in [0.25, 0.3) is 0 Å². The molecule has 0 saturated carbocycles. The van der Waals surface area contributed by atoms with Crippen molar-refractivity contribution in [3.63, 3.8) is 0 Å². The van der Waals surface area contributed by atoms with Crippen LogP contribution >= 0.6 is 15.9 Å². The van der Waals surface area contributed by atoms with Crippen molar-refractivity contribution >= 4 is 33.2 Å². The Labute approximate surface area is 132 Å². The zero-order valence-corrected chi connectivity index (χ0v) is 13.3. The van der Waals surface area contributed by atoms with Crippen LogP contribution in [0, 0.1) is 0 Å². The number of hydrogen-bond donors (Lipinski definition) is 2. The Kier molecular flexibility index (Phi) is 5.78. The molecule has 2 aromatic carbocycles. The second-order valence-corrected chi connectivity index (χ2v) is 5.38. The summed E-state index contributed by atoms with van der Waals surface area (Å²) >= 11 is 3.36. The number of amides is 1. The molecule has 0 atom stereocenters. The number of carbonyl (C=O) groups excluding carboxylic acids is 1. The molecule has 1 amide bonds. The average Bonchev–Trinajstić information content (AvgIpc) is 2.49. The fourth-order valence-corrected chi connectivity index (χ4v) is 2.20. The molecular weight excluding hydrogens is 332 g/mol. The van der Waals surface area contributed by atoms with Gasteiger partial charge in [-0.2, -0.15) is 0 Å². The molecule has 110 valence electrons. The van der Waals surface area contributed by atoms with Crippen LogP contribution in [0.4, 0.5) is 11.4 Å². The lowest BCUT2D eigenvalue weighted by molar-refractivity contribution is 0.102. The molecule has 0 aliphatic rings. The predicted molar refractivity (Wildman–Crippen MR) is 88.9 cm³/mol. The van der Waals surface area contributed by atoms with E-state index in [0.717, 1.165) is 22.4 Å². The van der Waals surface area contributed by atoms with E-state index in [1.165, 1.54) is 0 Å². The number of nitrogens with one attached hydrogen (secondary N) is 2. The molecular formula is C16H17BrN2O2. The number of carbonyl (C=O) groups is 1. The summed E-state index contributed by atoms with van der Waals surface area (Å²) in [6.45, 7) is 1.40. The van der Waals surface area contributed by atoms with Crippen molar-refractivity contribution in [2.45, 2.75) is 0 Å². The van der Waals surface area contributed by atoms with E-state index in [-0.39, 0.29) is 5.91 Å². The second kappa shape index (κ2) is 7.81. The Morgan fingerprint density at radius 1 is 1.14 bits per heavy atom. The van der Waals surface area contributed by atoms with E-state index >= 15 is 0 Å². The number of benzene rings is 2. The number of methoxy groups -OCH3 is 1. The highest BCUT2D eigenvalue weighted by Gasteiger charge is 2.06. The molecule has 2 aromatic rings. The maximum Gasteiger partial charge on any atom is 0.255 e. The van der Waals surface area contributed by atoms with Crippen molar-refractivity contribution < 1.29 is 9.53 Å². The lowest BCUT2D eigenvalue weighted by Crippen LogP contribution is -2.12. The van der Waals surface area contributed by atoms with Gasteiger partial charge < -0.3 is 15.4 Å². The fraction of sp³-hybridized carbons (Fsp3) is 0.188. The predicted octanol–water partition coefficient (Wildman–Crippen LogP) is 3.76. The number of anilines is 2. The monoisotopic (exact) mass is 348 g/mol. The van der Waals surface area contributed by atoms with Crippen LogP contribution in [-0.2, 0) is 4.74 Å². The van der Waals surface area contributed by atoms with E-state index < -0.39 is 0 Å². The fourth-order valence-electron chi connectivity index (χ4n) is 1.80. The first kappa shape index (κ1) is 15.5. The smallest absolute Gasteiger partial charge is 0.255 e. The van der Waals surface area contributed by atoms with Crippen LogP contribution in [0.1, 0.15) is 10.4 Å². The molecule has 0 heterocycles. The van der Waals surface area contributed by atoms with Crippen LogP contribution in [0.5, 0.6) is 0 Å². The zero-order valence-electron chi connectivity index (χ0n) is 11.7. The molecule has 0 aliphatic carbocycles. The quantitative estimate of drug-likeness (QED) is 0.781. The average molecular weight is 349 g/mol. The van der Waals surface area contributed by atoms with Crippen molar-refractivity contribution in [1.29, 1.82) is 0 Å². The SMILES string of the molecule is COCCNc1ccc(NC(=O)c2cccc(Br)c2)cc1. The Morgan fingerprint density at radius 3 is 2.52 bits per heavy atom. The van der Waals surface area contributed by atoms with Crippen molar-refractivity contribution in [2.24, 2.45) is 0 Å².